The molecule has 0 fully saturated rings. The summed E-state index contributed by atoms with van der Waals surface area (Å²) in [7, 11) is 0. The second-order valence-electron chi connectivity index (χ2n) is 1.69. The fourth-order valence-corrected chi connectivity index (χ4v) is 0.695. The Bertz CT molecular complexity index is 254. The van der Waals surface area contributed by atoms with Gasteiger partial charge in [0.25, 0.3) is 0 Å². The highest BCUT2D eigenvalue weighted by Gasteiger charge is 2.05. The molecular weight excluding hydrogens is 114 g/mol. The summed E-state index contributed by atoms with van der Waals surface area (Å²) in [6.45, 7) is 0. The van der Waals surface area contributed by atoms with Gasteiger partial charge in [-0.3, -0.25) is 0 Å². The molecule has 0 unspecified atom stereocenters. The van der Waals surface area contributed by atoms with Gasteiger partial charge in [0.15, 0.2) is 0 Å². The lowest BCUT2D eigenvalue weighted by atomic mass is 10.3. The third-order valence-corrected chi connectivity index (χ3v) is 1.11. The molecule has 1 aromatic carbocycles. The number of fused-ring (bicyclic) bond motifs is 1. The van der Waals surface area contributed by atoms with Gasteiger partial charge in [-0.1, -0.05) is 12.1 Å². The lowest BCUT2D eigenvalue weighted by molar-refractivity contribution is 0.922. The van der Waals surface area contributed by atoms with Crippen LogP contribution < -0.4 is 5.43 Å². The average molecular weight is 117 g/mol. The first-order valence-corrected chi connectivity index (χ1v) is 2.59. The number of hydrogen-bond donors (Lipinski definition) is 0. The van der Waals surface area contributed by atoms with E-state index < -0.39 is 0 Å². The normalized spacial score (nSPS) is 12.9. The molecule has 1 aromatic rings. The van der Waals surface area contributed by atoms with Crippen LogP contribution in [-0.2, 0) is 0 Å². The van der Waals surface area contributed by atoms with Crippen molar-refractivity contribution in [3.63, 3.8) is 0 Å². The molecule has 1 aliphatic rings. The van der Waals surface area contributed by atoms with E-state index in [4.69, 9.17) is 0 Å². The number of rotatable bonds is 0. The number of hydrogen-bond acceptors (Lipinski definition) is 2. The Labute approximate surface area is 52.4 Å². The van der Waals surface area contributed by atoms with E-state index in [-0.39, 0.29) is 0 Å². The quantitative estimate of drug-likeness (QED) is 0.496. The Morgan fingerprint density at radius 2 is 2.44 bits per heavy atom. The van der Waals surface area contributed by atoms with Gasteiger partial charge in [0.05, 0.1) is 0 Å². The number of benzene rings is 1. The highest BCUT2D eigenvalue weighted by atomic mass is 15.5. The molecule has 2 rings (SSSR count). The number of nitrogens with zero attached hydrogens (tertiary/aromatic N) is 3. The van der Waals surface area contributed by atoms with Crippen LogP contribution >= 0.6 is 0 Å². The van der Waals surface area contributed by atoms with Crippen molar-refractivity contribution in [3.8, 4) is 0 Å². The molecule has 0 saturated carbocycles. The summed E-state index contributed by atoms with van der Waals surface area (Å²) in [5.74, 6) is 0. The van der Waals surface area contributed by atoms with Crippen molar-refractivity contribution < 1.29 is 0 Å². The van der Waals surface area contributed by atoms with E-state index in [1.807, 2.05) is 12.1 Å². The molecule has 0 bridgehead atoms. The third-order valence-electron chi connectivity index (χ3n) is 1.11. The average Bonchev–Trinajstić information content (AvgIpc) is 2.33. The Morgan fingerprint density at radius 3 is 3.33 bits per heavy atom. The largest absolute Gasteiger partial charge is 0.128 e. The van der Waals surface area contributed by atoms with Crippen molar-refractivity contribution >= 4 is 11.4 Å². The van der Waals surface area contributed by atoms with E-state index >= 15 is 0 Å². The molecular formula is C6H3N3. The summed E-state index contributed by atoms with van der Waals surface area (Å²) >= 11 is 0. The predicted molar refractivity (Wildman–Crippen MR) is 31.6 cm³/mol. The lowest BCUT2D eigenvalue weighted by Crippen LogP contribution is -1.76. The van der Waals surface area contributed by atoms with Crippen LogP contribution in [0, 0.1) is 6.07 Å². The summed E-state index contributed by atoms with van der Waals surface area (Å²) in [6, 6.07) is 8.40. The minimum Gasteiger partial charge on any atom is -0.128 e. The van der Waals surface area contributed by atoms with E-state index in [1.165, 1.54) is 0 Å². The molecule has 3 heteroatoms. The van der Waals surface area contributed by atoms with Crippen LogP contribution in [0.1, 0.15) is 0 Å². The van der Waals surface area contributed by atoms with E-state index in [0.29, 0.717) is 0 Å². The van der Waals surface area contributed by atoms with Crippen LogP contribution in [0.15, 0.2) is 28.5 Å². The van der Waals surface area contributed by atoms with Gasteiger partial charge in [-0.25, -0.2) is 0 Å². The van der Waals surface area contributed by atoms with Gasteiger partial charge in [0.1, 0.15) is 11.4 Å². The molecule has 42 valence electrons. The molecule has 0 atom stereocenters. The van der Waals surface area contributed by atoms with Crippen LogP contribution in [0.3, 0.4) is 0 Å². The van der Waals surface area contributed by atoms with E-state index in [1.54, 1.807) is 6.07 Å². The minimum atomic E-state index is 0.734. The van der Waals surface area contributed by atoms with Gasteiger partial charge in [-0.05, 0) is 11.3 Å². The summed E-state index contributed by atoms with van der Waals surface area (Å²) in [5.41, 5.74) is 5.24. The van der Waals surface area contributed by atoms with Crippen molar-refractivity contribution in [2.24, 2.45) is 10.3 Å². The molecule has 0 saturated heterocycles. The van der Waals surface area contributed by atoms with Gasteiger partial charge in [0, 0.05) is 6.07 Å². The zero-order chi connectivity index (χ0) is 6.10. The summed E-state index contributed by atoms with van der Waals surface area (Å²) < 4.78 is 0. The Morgan fingerprint density at radius 1 is 1.44 bits per heavy atom. The lowest BCUT2D eigenvalue weighted by Gasteiger charge is -1.86. The highest BCUT2D eigenvalue weighted by Crippen LogP contribution is 2.28. The van der Waals surface area contributed by atoms with Crippen LogP contribution in [0.2, 0.25) is 0 Å². The van der Waals surface area contributed by atoms with Crippen LogP contribution in [0.5, 0.6) is 0 Å². The Hall–Kier alpha value is -1.38. The second kappa shape index (κ2) is 1.55. The highest BCUT2D eigenvalue weighted by molar-refractivity contribution is 5.60. The van der Waals surface area contributed by atoms with Gasteiger partial charge in [0.2, 0.25) is 0 Å². The summed E-state index contributed by atoms with van der Waals surface area (Å²) in [4.78, 5) is 0. The third kappa shape index (κ3) is 0.579. The van der Waals surface area contributed by atoms with Crippen molar-refractivity contribution in [2.75, 3.05) is 0 Å². The molecule has 3 nitrogen and oxygen atoms in total. The van der Waals surface area contributed by atoms with E-state index in [2.05, 4.69) is 21.8 Å². The summed E-state index contributed by atoms with van der Waals surface area (Å²) in [6.07, 6.45) is 0. The topological polar surface area (TPSA) is 38.8 Å². The van der Waals surface area contributed by atoms with Gasteiger partial charge in [-0.2, -0.15) is 0 Å². The van der Waals surface area contributed by atoms with Crippen LogP contribution in [-0.4, -0.2) is 0 Å². The Kier molecular flexibility index (Phi) is 0.773. The zero-order valence-corrected chi connectivity index (χ0v) is 4.57. The summed E-state index contributed by atoms with van der Waals surface area (Å²) in [5, 5.41) is 7.20. The van der Waals surface area contributed by atoms with Gasteiger partial charge < -0.3 is 0 Å². The van der Waals surface area contributed by atoms with Crippen molar-refractivity contribution in [2.45, 2.75) is 0 Å². The fraction of sp³-hybridized carbons (Fsp3) is 0. The second-order valence-corrected chi connectivity index (χ2v) is 1.69. The van der Waals surface area contributed by atoms with Crippen LogP contribution in [0.4, 0.5) is 11.4 Å². The van der Waals surface area contributed by atoms with Crippen LogP contribution in [0.25, 0.3) is 0 Å². The monoisotopic (exact) mass is 117 g/mol. The molecule has 0 aliphatic carbocycles. The first-order valence-electron chi connectivity index (χ1n) is 2.59. The van der Waals surface area contributed by atoms with Gasteiger partial charge >= 0.3 is 0 Å². The predicted octanol–water partition coefficient (Wildman–Crippen LogP) is 1.73. The molecule has 1 aliphatic heterocycles. The Balaban J connectivity index is 2.63. The van der Waals surface area contributed by atoms with Gasteiger partial charge in [-0.15, -0.1) is 10.5 Å². The molecule has 1 heterocycles. The molecule has 0 N–H and O–H groups in total. The molecule has 9 heavy (non-hydrogen) atoms. The standard InChI is InChI=1S/C6H3N3/c1-2-4-6-5(3-1)7-9-8-6/h1-3H. The maximum absolute atomic E-state index is 3.73. The minimum absolute atomic E-state index is 0.734. The fourth-order valence-electron chi connectivity index (χ4n) is 0.695. The van der Waals surface area contributed by atoms with Crippen molar-refractivity contribution in [3.05, 3.63) is 24.3 Å². The maximum Gasteiger partial charge on any atom is 0.123 e. The molecule has 0 amide bonds. The first-order chi connectivity index (χ1) is 4.47. The van der Waals surface area contributed by atoms with E-state index in [0.717, 1.165) is 11.4 Å². The smallest absolute Gasteiger partial charge is 0.123 e. The SMILES string of the molecule is [c]1cccc2c1[N]N=N2. The van der Waals surface area contributed by atoms with Crippen molar-refractivity contribution in [1.82, 2.24) is 5.43 Å². The first kappa shape index (κ1) is 4.49. The maximum atomic E-state index is 3.73. The van der Waals surface area contributed by atoms with E-state index in [9.17, 15) is 0 Å². The molecule has 2 radical (unpaired) electrons. The molecule has 0 aromatic heterocycles. The molecule has 0 spiro atoms. The zero-order valence-electron chi connectivity index (χ0n) is 4.57. The van der Waals surface area contributed by atoms with Crippen molar-refractivity contribution in [1.29, 1.82) is 0 Å².